The topological polar surface area (TPSA) is 160 Å². The summed E-state index contributed by atoms with van der Waals surface area (Å²) in [6.45, 7) is -4.36. The zero-order valence-corrected chi connectivity index (χ0v) is 12.2. The van der Waals surface area contributed by atoms with Gasteiger partial charge in [-0.05, 0) is 17.9 Å². The summed E-state index contributed by atoms with van der Waals surface area (Å²) in [7, 11) is 0. The van der Waals surface area contributed by atoms with Crippen molar-refractivity contribution in [2.75, 3.05) is 12.3 Å². The molecule has 4 atom stereocenters. The van der Waals surface area contributed by atoms with Crippen LogP contribution in [0.1, 0.15) is 6.23 Å². The zero-order valence-electron chi connectivity index (χ0n) is 10.5. The second-order valence-electron chi connectivity index (χ2n) is 4.37. The molecule has 0 bridgehead atoms. The first-order chi connectivity index (χ1) is 9.69. The van der Waals surface area contributed by atoms with Gasteiger partial charge in [0, 0.05) is 6.20 Å². The van der Waals surface area contributed by atoms with E-state index in [0.717, 1.165) is 4.57 Å². The highest BCUT2D eigenvalue weighted by Gasteiger charge is 2.44. The highest BCUT2D eigenvalue weighted by Crippen LogP contribution is 2.38. The van der Waals surface area contributed by atoms with Crippen molar-refractivity contribution in [3.8, 4) is 0 Å². The molecule has 3 unspecified atom stereocenters. The number of nitrogens with two attached hydrogens (primary N) is 1. The number of rotatable bonds is 4. The number of nitrogen functional groups attached to an aromatic ring is 1. The molecule has 1 aliphatic heterocycles. The average Bonchev–Trinajstić information content (AvgIpc) is 2.64. The first-order valence-corrected chi connectivity index (χ1v) is 8.38. The maximum atomic E-state index is 11.7. The molecule has 1 aromatic heterocycles. The Bertz CT molecular complexity index is 620. The Morgan fingerprint density at radius 1 is 1.48 bits per heavy atom. The fourth-order valence-corrected chi connectivity index (χ4v) is 2.41. The van der Waals surface area contributed by atoms with Crippen LogP contribution in [0.3, 0.4) is 0 Å². The van der Waals surface area contributed by atoms with E-state index in [4.69, 9.17) is 20.3 Å². The van der Waals surface area contributed by atoms with Crippen molar-refractivity contribution in [3.05, 3.63) is 22.7 Å². The van der Waals surface area contributed by atoms with Gasteiger partial charge in [-0.2, -0.15) is 4.98 Å². The van der Waals surface area contributed by atoms with Gasteiger partial charge in [0.25, 0.3) is 0 Å². The first-order valence-electron chi connectivity index (χ1n) is 5.75. The van der Waals surface area contributed by atoms with Crippen LogP contribution in [-0.2, 0) is 21.1 Å². The van der Waals surface area contributed by atoms with E-state index in [1.807, 2.05) is 0 Å². The smallest absolute Gasteiger partial charge is 0.351 e. The molecular weight excluding hydrogens is 325 g/mol. The Hall–Kier alpha value is -0.910. The SMILES string of the molecule is Nc1ccn([C@@H]2OC(COP(O)(O)=S)C(O)C2O)c(=O)n1. The summed E-state index contributed by atoms with van der Waals surface area (Å²) in [4.78, 5) is 33.1. The van der Waals surface area contributed by atoms with Gasteiger partial charge in [-0.3, -0.25) is 4.57 Å². The van der Waals surface area contributed by atoms with Crippen molar-refractivity contribution in [1.82, 2.24) is 9.55 Å². The predicted molar refractivity (Wildman–Crippen MR) is 73.5 cm³/mol. The highest BCUT2D eigenvalue weighted by molar-refractivity contribution is 8.06. The van der Waals surface area contributed by atoms with Crippen LogP contribution in [0.15, 0.2) is 17.1 Å². The van der Waals surface area contributed by atoms with E-state index in [9.17, 15) is 15.0 Å². The largest absolute Gasteiger partial charge is 0.387 e. The van der Waals surface area contributed by atoms with Crippen LogP contribution in [0.25, 0.3) is 0 Å². The van der Waals surface area contributed by atoms with Gasteiger partial charge in [-0.1, -0.05) is 0 Å². The summed E-state index contributed by atoms with van der Waals surface area (Å²) in [5.41, 5.74) is 4.59. The molecule has 6 N–H and O–H groups in total. The number of aromatic nitrogens is 2. The summed E-state index contributed by atoms with van der Waals surface area (Å²) in [5, 5.41) is 19.7. The van der Waals surface area contributed by atoms with E-state index in [1.165, 1.54) is 12.3 Å². The molecule has 0 aromatic carbocycles. The summed E-state index contributed by atoms with van der Waals surface area (Å²) < 4.78 is 10.8. The fourth-order valence-electron chi connectivity index (χ4n) is 1.89. The third kappa shape index (κ3) is 3.84. The molecule has 1 aliphatic rings. The number of ether oxygens (including phenoxy) is 1. The van der Waals surface area contributed by atoms with Crippen molar-refractivity contribution >= 4 is 24.3 Å². The molecule has 0 spiro atoms. The summed E-state index contributed by atoms with van der Waals surface area (Å²) in [5.74, 6) is 0.00502. The molecule has 118 valence electrons. The van der Waals surface area contributed by atoms with Gasteiger partial charge in [0.05, 0.1) is 6.61 Å². The first kappa shape index (κ1) is 16.5. The van der Waals surface area contributed by atoms with Crippen LogP contribution < -0.4 is 11.4 Å². The van der Waals surface area contributed by atoms with Crippen LogP contribution >= 0.6 is 6.72 Å². The third-order valence-electron chi connectivity index (χ3n) is 2.87. The lowest BCUT2D eigenvalue weighted by atomic mass is 10.1. The molecule has 1 saturated heterocycles. The van der Waals surface area contributed by atoms with Crippen molar-refractivity contribution in [2.24, 2.45) is 0 Å². The lowest BCUT2D eigenvalue weighted by Crippen LogP contribution is -2.36. The molecule has 0 radical (unpaired) electrons. The van der Waals surface area contributed by atoms with E-state index < -0.39 is 43.6 Å². The minimum Gasteiger partial charge on any atom is -0.387 e. The Labute approximate surface area is 123 Å². The minimum absolute atomic E-state index is 0.00502. The number of hydrogen-bond donors (Lipinski definition) is 5. The number of hydrogen-bond acceptors (Lipinski definition) is 8. The van der Waals surface area contributed by atoms with Gasteiger partial charge in [0.2, 0.25) is 0 Å². The minimum atomic E-state index is -3.91. The second kappa shape index (κ2) is 6.07. The maximum Gasteiger partial charge on any atom is 0.351 e. The summed E-state index contributed by atoms with van der Waals surface area (Å²) in [6.07, 6.45) is -3.87. The quantitative estimate of drug-likeness (QED) is 0.376. The van der Waals surface area contributed by atoms with E-state index in [1.54, 1.807) is 0 Å². The maximum absolute atomic E-state index is 11.7. The van der Waals surface area contributed by atoms with Crippen LogP contribution in [-0.4, -0.2) is 54.5 Å². The van der Waals surface area contributed by atoms with Gasteiger partial charge >= 0.3 is 12.4 Å². The number of aliphatic hydroxyl groups is 2. The van der Waals surface area contributed by atoms with Crippen LogP contribution in [0, 0.1) is 0 Å². The van der Waals surface area contributed by atoms with E-state index in [0.29, 0.717) is 0 Å². The van der Waals surface area contributed by atoms with Crippen molar-refractivity contribution in [1.29, 1.82) is 0 Å². The van der Waals surface area contributed by atoms with Crippen LogP contribution in [0.4, 0.5) is 5.82 Å². The zero-order chi connectivity index (χ0) is 15.8. The van der Waals surface area contributed by atoms with Crippen molar-refractivity contribution in [3.63, 3.8) is 0 Å². The van der Waals surface area contributed by atoms with Gasteiger partial charge in [0.1, 0.15) is 24.1 Å². The van der Waals surface area contributed by atoms with Gasteiger partial charge in [0.15, 0.2) is 6.23 Å². The molecule has 2 rings (SSSR count). The third-order valence-corrected chi connectivity index (χ3v) is 3.67. The van der Waals surface area contributed by atoms with Crippen LogP contribution in [0.5, 0.6) is 0 Å². The molecule has 0 aliphatic carbocycles. The monoisotopic (exact) mass is 339 g/mol. The molecule has 1 aromatic rings. The Kier molecular flexibility index (Phi) is 4.76. The second-order valence-corrected chi connectivity index (χ2v) is 7.04. The predicted octanol–water partition coefficient (Wildman–Crippen LogP) is -2.33. The van der Waals surface area contributed by atoms with E-state index in [-0.39, 0.29) is 5.82 Å². The number of anilines is 1. The molecule has 1 fully saturated rings. The van der Waals surface area contributed by atoms with Crippen LogP contribution in [0.2, 0.25) is 0 Å². The van der Waals surface area contributed by atoms with E-state index in [2.05, 4.69) is 21.3 Å². The molecule has 2 heterocycles. The van der Waals surface area contributed by atoms with Gasteiger partial charge < -0.3 is 35.0 Å². The molecule has 12 heteroatoms. The Morgan fingerprint density at radius 2 is 2.14 bits per heavy atom. The molecule has 10 nitrogen and oxygen atoms in total. The highest BCUT2D eigenvalue weighted by atomic mass is 32.5. The van der Waals surface area contributed by atoms with Gasteiger partial charge in [-0.15, -0.1) is 0 Å². The molecule has 0 amide bonds. The summed E-state index contributed by atoms with van der Waals surface area (Å²) >= 11 is 4.27. The standard InChI is InChI=1S/C9H14N3O7PS/c10-5-1-2-12(9(15)11-5)8-7(14)6(13)4(19-8)3-18-20(16,17)21/h1-2,4,6-8,13-14H,3H2,(H2,10,11,15)(H2,16,17,21)/t4?,6?,7?,8-/m1/s1. The normalized spacial score (nSPS) is 29.7. The molecular formula is C9H14N3O7PS. The van der Waals surface area contributed by atoms with E-state index >= 15 is 0 Å². The Morgan fingerprint density at radius 3 is 2.71 bits per heavy atom. The number of nitrogens with zero attached hydrogens (tertiary/aromatic N) is 2. The molecule has 21 heavy (non-hydrogen) atoms. The van der Waals surface area contributed by atoms with Crippen molar-refractivity contribution in [2.45, 2.75) is 24.5 Å². The number of aliphatic hydroxyl groups excluding tert-OH is 2. The lowest BCUT2D eigenvalue weighted by Gasteiger charge is -2.17. The van der Waals surface area contributed by atoms with Crippen molar-refractivity contribution < 1.29 is 29.3 Å². The molecule has 0 saturated carbocycles. The average molecular weight is 339 g/mol. The Balaban J connectivity index is 2.16. The fraction of sp³-hybridized carbons (Fsp3) is 0.556. The summed E-state index contributed by atoms with van der Waals surface area (Å²) in [6, 6.07) is 1.33. The lowest BCUT2D eigenvalue weighted by molar-refractivity contribution is -0.0526. The van der Waals surface area contributed by atoms with Gasteiger partial charge in [-0.25, -0.2) is 4.79 Å².